The average Bonchev–Trinajstić information content (AvgIpc) is 2.35. The topological polar surface area (TPSA) is 20.2 Å². The molecule has 1 aromatic carbocycles. The van der Waals surface area contributed by atoms with E-state index >= 15 is 0 Å². The Labute approximate surface area is 113 Å². The Kier molecular flexibility index (Phi) is 5.02. The minimum Gasteiger partial charge on any atom is -0.393 e. The maximum absolute atomic E-state index is 13.3. The van der Waals surface area contributed by atoms with Gasteiger partial charge in [-0.05, 0) is 36.5 Å². The smallest absolute Gasteiger partial charge is 0.142 e. The Hall–Kier alpha value is -0.600. The molecule has 100 valence electrons. The second kappa shape index (κ2) is 6.53. The van der Waals surface area contributed by atoms with E-state index in [0.29, 0.717) is 12.3 Å². The lowest BCUT2D eigenvalue weighted by Crippen LogP contribution is -2.18. The number of rotatable bonds is 4. The molecule has 1 aliphatic carbocycles. The molecular formula is C15H20ClFO. The quantitative estimate of drug-likeness (QED) is 0.862. The van der Waals surface area contributed by atoms with Gasteiger partial charge in [0.15, 0.2) is 0 Å². The summed E-state index contributed by atoms with van der Waals surface area (Å²) in [5, 5.41) is 10.2. The summed E-state index contributed by atoms with van der Waals surface area (Å²) in [6.07, 6.45) is 7.34. The van der Waals surface area contributed by atoms with E-state index in [9.17, 15) is 9.50 Å². The van der Waals surface area contributed by atoms with Crippen molar-refractivity contribution < 1.29 is 9.50 Å². The Morgan fingerprint density at radius 1 is 1.28 bits per heavy atom. The average molecular weight is 271 g/mol. The van der Waals surface area contributed by atoms with Gasteiger partial charge in [-0.15, -0.1) is 0 Å². The van der Waals surface area contributed by atoms with E-state index in [1.165, 1.54) is 38.2 Å². The molecule has 0 bridgehead atoms. The molecule has 1 N–H and O–H groups in total. The minimum atomic E-state index is -0.404. The van der Waals surface area contributed by atoms with Crippen LogP contribution in [0.2, 0.25) is 5.02 Å². The van der Waals surface area contributed by atoms with Crippen molar-refractivity contribution in [2.75, 3.05) is 0 Å². The van der Waals surface area contributed by atoms with Crippen molar-refractivity contribution in [3.8, 4) is 0 Å². The third-order valence-electron chi connectivity index (χ3n) is 3.79. The number of aliphatic hydroxyl groups excluding tert-OH is 1. The lowest BCUT2D eigenvalue weighted by molar-refractivity contribution is 0.130. The fraction of sp³-hybridized carbons (Fsp3) is 0.600. The second-order valence-corrected chi connectivity index (χ2v) is 5.75. The van der Waals surface area contributed by atoms with Gasteiger partial charge in [0.05, 0.1) is 11.1 Å². The number of hydrogen-bond donors (Lipinski definition) is 1. The van der Waals surface area contributed by atoms with Crippen LogP contribution in [-0.2, 0) is 6.42 Å². The third kappa shape index (κ3) is 3.96. The van der Waals surface area contributed by atoms with Crippen LogP contribution in [0.25, 0.3) is 0 Å². The molecule has 1 atom stereocenters. The van der Waals surface area contributed by atoms with Crippen LogP contribution in [0.15, 0.2) is 18.2 Å². The van der Waals surface area contributed by atoms with Crippen molar-refractivity contribution in [3.63, 3.8) is 0 Å². The van der Waals surface area contributed by atoms with Gasteiger partial charge in [0.1, 0.15) is 5.82 Å². The van der Waals surface area contributed by atoms with Gasteiger partial charge >= 0.3 is 0 Å². The van der Waals surface area contributed by atoms with Crippen LogP contribution in [-0.4, -0.2) is 11.2 Å². The van der Waals surface area contributed by atoms with Gasteiger partial charge in [0.25, 0.3) is 0 Å². The van der Waals surface area contributed by atoms with Crippen LogP contribution in [0.1, 0.15) is 44.1 Å². The lowest BCUT2D eigenvalue weighted by Gasteiger charge is -2.24. The summed E-state index contributed by atoms with van der Waals surface area (Å²) in [4.78, 5) is 0. The van der Waals surface area contributed by atoms with Gasteiger partial charge < -0.3 is 5.11 Å². The molecule has 18 heavy (non-hydrogen) atoms. The normalized spacial score (nSPS) is 18.8. The first-order valence-electron chi connectivity index (χ1n) is 6.77. The number of hydrogen-bond acceptors (Lipinski definition) is 1. The Morgan fingerprint density at radius 3 is 2.67 bits per heavy atom. The largest absolute Gasteiger partial charge is 0.393 e. The predicted octanol–water partition coefficient (Wildman–Crippen LogP) is 4.35. The molecule has 3 heteroatoms. The van der Waals surface area contributed by atoms with Crippen molar-refractivity contribution in [3.05, 3.63) is 34.6 Å². The lowest BCUT2D eigenvalue weighted by atomic mass is 9.84. The summed E-state index contributed by atoms with van der Waals surface area (Å²) in [7, 11) is 0. The first-order chi connectivity index (χ1) is 8.65. The minimum absolute atomic E-state index is 0.139. The Bertz CT molecular complexity index is 388. The molecule has 0 spiro atoms. The molecule has 0 heterocycles. The van der Waals surface area contributed by atoms with Gasteiger partial charge in [-0.3, -0.25) is 0 Å². The molecule has 1 fully saturated rings. The zero-order chi connectivity index (χ0) is 13.0. The molecule has 1 aromatic rings. The molecule has 0 saturated heterocycles. The number of halogens is 2. The van der Waals surface area contributed by atoms with E-state index in [1.807, 2.05) is 0 Å². The van der Waals surface area contributed by atoms with Crippen LogP contribution in [0.3, 0.4) is 0 Å². The molecule has 1 nitrogen and oxygen atoms in total. The van der Waals surface area contributed by atoms with E-state index in [4.69, 9.17) is 11.6 Å². The van der Waals surface area contributed by atoms with Crippen molar-refractivity contribution in [1.82, 2.24) is 0 Å². The van der Waals surface area contributed by atoms with E-state index in [1.54, 1.807) is 12.1 Å². The summed E-state index contributed by atoms with van der Waals surface area (Å²) in [6, 6.07) is 4.77. The molecule has 1 aliphatic rings. The predicted molar refractivity (Wildman–Crippen MR) is 72.3 cm³/mol. The number of aliphatic hydroxyl groups is 1. The summed E-state index contributed by atoms with van der Waals surface area (Å²) < 4.78 is 13.3. The van der Waals surface area contributed by atoms with Gasteiger partial charge in [0, 0.05) is 0 Å². The van der Waals surface area contributed by atoms with Crippen LogP contribution in [0, 0.1) is 11.7 Å². The molecular weight excluding hydrogens is 251 g/mol. The molecule has 0 amide bonds. The van der Waals surface area contributed by atoms with Crippen LogP contribution in [0.5, 0.6) is 0 Å². The molecule has 0 aliphatic heterocycles. The van der Waals surface area contributed by atoms with Crippen LogP contribution < -0.4 is 0 Å². The first kappa shape index (κ1) is 13.8. The van der Waals surface area contributed by atoms with Crippen molar-refractivity contribution in [2.24, 2.45) is 5.92 Å². The highest BCUT2D eigenvalue weighted by molar-refractivity contribution is 6.30. The first-order valence-corrected chi connectivity index (χ1v) is 7.15. The van der Waals surface area contributed by atoms with E-state index in [0.717, 1.165) is 12.0 Å². The summed E-state index contributed by atoms with van der Waals surface area (Å²) in [5.41, 5.74) is 0.820. The molecule has 1 unspecified atom stereocenters. The Morgan fingerprint density at radius 2 is 2.00 bits per heavy atom. The summed E-state index contributed by atoms with van der Waals surface area (Å²) in [6.45, 7) is 0. The van der Waals surface area contributed by atoms with Crippen molar-refractivity contribution >= 4 is 11.6 Å². The van der Waals surface area contributed by atoms with Crippen LogP contribution in [0.4, 0.5) is 4.39 Å². The molecule has 1 saturated carbocycles. The maximum Gasteiger partial charge on any atom is 0.142 e. The van der Waals surface area contributed by atoms with E-state index < -0.39 is 5.82 Å². The number of benzene rings is 1. The zero-order valence-corrected chi connectivity index (χ0v) is 11.3. The second-order valence-electron chi connectivity index (χ2n) is 5.35. The van der Waals surface area contributed by atoms with Gasteiger partial charge in [-0.2, -0.15) is 0 Å². The van der Waals surface area contributed by atoms with E-state index in [2.05, 4.69) is 0 Å². The fourth-order valence-corrected chi connectivity index (χ4v) is 2.95. The summed E-state index contributed by atoms with van der Waals surface area (Å²) in [5.74, 6) is 0.241. The highest BCUT2D eigenvalue weighted by Crippen LogP contribution is 2.28. The fourth-order valence-electron chi connectivity index (χ4n) is 2.83. The van der Waals surface area contributed by atoms with Crippen molar-refractivity contribution in [2.45, 2.75) is 51.0 Å². The van der Waals surface area contributed by atoms with E-state index in [-0.39, 0.29) is 11.1 Å². The zero-order valence-electron chi connectivity index (χ0n) is 10.5. The standard InChI is InChI=1S/C15H20ClFO/c16-14-7-6-12(10-15(14)17)9-13(18)8-11-4-2-1-3-5-11/h6-7,10-11,13,18H,1-5,8-9H2. The highest BCUT2D eigenvalue weighted by Gasteiger charge is 2.18. The summed E-state index contributed by atoms with van der Waals surface area (Å²) >= 11 is 5.64. The Balaban J connectivity index is 1.85. The highest BCUT2D eigenvalue weighted by atomic mass is 35.5. The maximum atomic E-state index is 13.3. The van der Waals surface area contributed by atoms with Gasteiger partial charge in [0.2, 0.25) is 0 Å². The molecule has 2 rings (SSSR count). The SMILES string of the molecule is OC(Cc1ccc(Cl)c(F)c1)CC1CCCCC1. The third-order valence-corrected chi connectivity index (χ3v) is 4.09. The monoisotopic (exact) mass is 270 g/mol. The molecule has 0 radical (unpaired) electrons. The van der Waals surface area contributed by atoms with Crippen molar-refractivity contribution in [1.29, 1.82) is 0 Å². The van der Waals surface area contributed by atoms with Crippen LogP contribution >= 0.6 is 11.6 Å². The van der Waals surface area contributed by atoms with Gasteiger partial charge in [-0.1, -0.05) is 49.8 Å². The molecule has 0 aromatic heterocycles. The van der Waals surface area contributed by atoms with Gasteiger partial charge in [-0.25, -0.2) is 4.39 Å².